The summed E-state index contributed by atoms with van der Waals surface area (Å²) in [6, 6.07) is 29.7. The highest BCUT2D eigenvalue weighted by molar-refractivity contribution is 7.09. The molecule has 0 unspecified atom stereocenters. The van der Waals surface area contributed by atoms with Crippen molar-refractivity contribution >= 4 is 38.3 Å². The molecule has 0 fully saturated rings. The van der Waals surface area contributed by atoms with Crippen LogP contribution in [0.5, 0.6) is 5.75 Å². The number of methoxy groups -OCH3 is 1. The van der Waals surface area contributed by atoms with Gasteiger partial charge in [-0.25, -0.2) is 4.98 Å². The van der Waals surface area contributed by atoms with Crippen LogP contribution in [0.15, 0.2) is 90.3 Å². The fraction of sp³-hybridized carbons (Fsp3) is 0.462. The van der Waals surface area contributed by atoms with E-state index in [0.717, 1.165) is 22.0 Å². The Morgan fingerprint density at radius 1 is 0.745 bits per heavy atom. The van der Waals surface area contributed by atoms with Crippen molar-refractivity contribution in [3.05, 3.63) is 107 Å². The van der Waals surface area contributed by atoms with Crippen molar-refractivity contribution in [2.45, 2.75) is 96.7 Å². The summed E-state index contributed by atoms with van der Waals surface area (Å²) in [7, 11) is -2.88. The predicted molar refractivity (Wildman–Crippen MR) is 203 cm³/mol. The van der Waals surface area contributed by atoms with Gasteiger partial charge in [0.05, 0.1) is 37.1 Å². The van der Waals surface area contributed by atoms with Crippen molar-refractivity contribution in [3.63, 3.8) is 0 Å². The van der Waals surface area contributed by atoms with Gasteiger partial charge in [-0.15, -0.1) is 11.3 Å². The molecule has 254 valence electrons. The highest BCUT2D eigenvalue weighted by atomic mass is 32.1. The minimum absolute atomic E-state index is 0.121. The molecule has 8 heteroatoms. The third-order valence-electron chi connectivity index (χ3n) is 9.52. The van der Waals surface area contributed by atoms with Crippen LogP contribution >= 0.6 is 11.3 Å². The molecular formula is C39H55NO4SSi2. The van der Waals surface area contributed by atoms with Crippen LogP contribution in [0.25, 0.3) is 0 Å². The summed E-state index contributed by atoms with van der Waals surface area (Å²) in [5.74, 6) is 1.06. The van der Waals surface area contributed by atoms with Gasteiger partial charge >= 0.3 is 0 Å². The number of benzene rings is 3. The standard InChI is InChI=1S/C39H55NO4SSi2/c1-30(26-43-46(9,10)38(2,3)4)36-29-45-37(40-36)25-33(42-27-31-21-23-32(41-8)24-22-31)28-44-47(39(5,6)7,34-17-13-11-14-18-34)35-19-15-12-16-20-35/h11-24,29-30,33H,25-28H2,1-10H3/t30-,33-/m0/s1. The fourth-order valence-corrected chi connectivity index (χ4v) is 12.2. The van der Waals surface area contributed by atoms with Crippen molar-refractivity contribution in [3.8, 4) is 5.75 Å². The third-order valence-corrected chi connectivity index (χ3v) is 19.9. The molecule has 5 nitrogen and oxygen atoms in total. The Bertz CT molecular complexity index is 1470. The van der Waals surface area contributed by atoms with Crippen LogP contribution in [-0.4, -0.2) is 48.0 Å². The second-order valence-electron chi connectivity index (χ2n) is 15.1. The third kappa shape index (κ3) is 9.31. The van der Waals surface area contributed by atoms with E-state index in [4.69, 9.17) is 23.3 Å². The average molecular weight is 690 g/mol. The summed E-state index contributed by atoms with van der Waals surface area (Å²) in [5, 5.41) is 5.84. The number of thiazole rings is 1. The van der Waals surface area contributed by atoms with Crippen molar-refractivity contribution < 1.29 is 18.3 Å². The topological polar surface area (TPSA) is 49.8 Å². The van der Waals surface area contributed by atoms with Gasteiger partial charge in [0, 0.05) is 24.3 Å². The molecule has 0 N–H and O–H groups in total. The Morgan fingerprint density at radius 2 is 1.32 bits per heavy atom. The first-order chi connectivity index (χ1) is 22.2. The van der Waals surface area contributed by atoms with E-state index in [1.165, 1.54) is 10.4 Å². The zero-order valence-electron chi connectivity index (χ0n) is 30.1. The summed E-state index contributed by atoms with van der Waals surface area (Å²) < 4.78 is 26.0. The molecule has 0 amide bonds. The Labute approximate surface area is 289 Å². The molecular weight excluding hydrogens is 635 g/mol. The van der Waals surface area contributed by atoms with E-state index in [2.05, 4.69) is 140 Å². The van der Waals surface area contributed by atoms with Gasteiger partial charge in [-0.05, 0) is 51.2 Å². The highest BCUT2D eigenvalue weighted by Gasteiger charge is 2.50. The van der Waals surface area contributed by atoms with Crippen molar-refractivity contribution in [2.75, 3.05) is 20.3 Å². The maximum absolute atomic E-state index is 7.34. The average Bonchev–Trinajstić information content (AvgIpc) is 3.51. The molecule has 1 heterocycles. The maximum atomic E-state index is 7.34. The molecule has 1 aromatic heterocycles. The smallest absolute Gasteiger partial charge is 0.261 e. The van der Waals surface area contributed by atoms with Crippen LogP contribution in [0.4, 0.5) is 0 Å². The summed E-state index contributed by atoms with van der Waals surface area (Å²) in [6.45, 7) is 22.3. The summed E-state index contributed by atoms with van der Waals surface area (Å²) in [6.07, 6.45) is 0.492. The van der Waals surface area contributed by atoms with E-state index in [0.29, 0.717) is 26.2 Å². The van der Waals surface area contributed by atoms with Gasteiger partial charge in [-0.3, -0.25) is 0 Å². The van der Waals surface area contributed by atoms with Gasteiger partial charge in [0.25, 0.3) is 8.32 Å². The van der Waals surface area contributed by atoms with E-state index in [1.54, 1.807) is 18.4 Å². The molecule has 0 aliphatic rings. The lowest BCUT2D eigenvalue weighted by atomic mass is 10.1. The van der Waals surface area contributed by atoms with Crippen LogP contribution < -0.4 is 15.1 Å². The molecule has 0 bridgehead atoms. The Balaban J connectivity index is 1.60. The first kappa shape index (κ1) is 37.2. The zero-order chi connectivity index (χ0) is 34.3. The summed E-state index contributed by atoms with van der Waals surface area (Å²) in [4.78, 5) is 5.11. The first-order valence-corrected chi connectivity index (χ1v) is 22.4. The van der Waals surface area contributed by atoms with Gasteiger partial charge in [0.2, 0.25) is 0 Å². The van der Waals surface area contributed by atoms with Crippen molar-refractivity contribution in [2.24, 2.45) is 0 Å². The number of nitrogens with zero attached hydrogens (tertiary/aromatic N) is 1. The zero-order valence-corrected chi connectivity index (χ0v) is 32.9. The predicted octanol–water partition coefficient (Wildman–Crippen LogP) is 8.98. The molecule has 4 aromatic rings. The van der Waals surface area contributed by atoms with Crippen LogP contribution in [0, 0.1) is 0 Å². The second-order valence-corrected chi connectivity index (χ2v) is 25.2. The minimum Gasteiger partial charge on any atom is -0.497 e. The number of hydrogen-bond donors (Lipinski definition) is 0. The van der Waals surface area contributed by atoms with Crippen LogP contribution in [0.3, 0.4) is 0 Å². The molecule has 0 radical (unpaired) electrons. The Hall–Kier alpha value is -2.60. The van der Waals surface area contributed by atoms with E-state index in [9.17, 15) is 0 Å². The molecule has 2 atom stereocenters. The molecule has 0 saturated heterocycles. The number of hydrogen-bond acceptors (Lipinski definition) is 6. The molecule has 0 aliphatic carbocycles. The first-order valence-electron chi connectivity index (χ1n) is 16.7. The Kier molecular flexibility index (Phi) is 12.5. The largest absolute Gasteiger partial charge is 0.497 e. The number of rotatable bonds is 15. The molecule has 3 aromatic carbocycles. The minimum atomic E-state index is -2.73. The quantitative estimate of drug-likeness (QED) is 0.117. The molecule has 0 spiro atoms. The lowest BCUT2D eigenvalue weighted by Crippen LogP contribution is -2.67. The van der Waals surface area contributed by atoms with Crippen molar-refractivity contribution in [1.82, 2.24) is 4.98 Å². The van der Waals surface area contributed by atoms with E-state index < -0.39 is 16.6 Å². The van der Waals surface area contributed by atoms with Crippen LogP contribution in [0.1, 0.15) is 70.6 Å². The maximum Gasteiger partial charge on any atom is 0.261 e. The van der Waals surface area contributed by atoms with Gasteiger partial charge in [0.15, 0.2) is 8.32 Å². The summed E-state index contributed by atoms with van der Waals surface area (Å²) >= 11 is 1.71. The molecule has 4 rings (SSSR count). The highest BCUT2D eigenvalue weighted by Crippen LogP contribution is 2.38. The Morgan fingerprint density at radius 3 is 1.83 bits per heavy atom. The van der Waals surface area contributed by atoms with Crippen molar-refractivity contribution in [1.29, 1.82) is 0 Å². The normalized spacial score (nSPS) is 14.2. The van der Waals surface area contributed by atoms with Gasteiger partial charge in [0.1, 0.15) is 5.75 Å². The van der Waals surface area contributed by atoms with Crippen LogP contribution in [-0.2, 0) is 26.6 Å². The van der Waals surface area contributed by atoms with Crippen LogP contribution in [0.2, 0.25) is 23.2 Å². The van der Waals surface area contributed by atoms with E-state index >= 15 is 0 Å². The molecule has 0 saturated carbocycles. The SMILES string of the molecule is COc1ccc(CO[C@H](CO[Si](c2ccccc2)(c2ccccc2)C(C)(C)C)Cc2nc([C@@H](C)CO[Si](C)(C)C(C)(C)C)cs2)cc1. The lowest BCUT2D eigenvalue weighted by molar-refractivity contribution is 0.00744. The molecule has 47 heavy (non-hydrogen) atoms. The summed E-state index contributed by atoms with van der Waals surface area (Å²) in [5.41, 5.74) is 2.18. The van der Waals surface area contributed by atoms with Gasteiger partial charge in [-0.1, -0.05) is 121 Å². The number of ether oxygens (including phenoxy) is 2. The monoisotopic (exact) mass is 689 g/mol. The van der Waals surface area contributed by atoms with Gasteiger partial charge in [-0.2, -0.15) is 0 Å². The van der Waals surface area contributed by atoms with E-state index in [-0.39, 0.29) is 22.1 Å². The van der Waals surface area contributed by atoms with E-state index in [1.807, 2.05) is 12.1 Å². The number of aromatic nitrogens is 1. The van der Waals surface area contributed by atoms with Gasteiger partial charge < -0.3 is 18.3 Å². The fourth-order valence-electron chi connectivity index (χ4n) is 5.56. The molecule has 0 aliphatic heterocycles. The second kappa shape index (κ2) is 15.7. The lowest BCUT2D eigenvalue weighted by Gasteiger charge is -2.43.